The number of nitrogens with one attached hydrogen (secondary N) is 1. The molecule has 0 aromatic heterocycles. The van der Waals surface area contributed by atoms with Crippen molar-refractivity contribution in [3.8, 4) is 0 Å². The highest BCUT2D eigenvalue weighted by Gasteiger charge is 2.26. The average molecular weight is 169 g/mol. The molecule has 1 N–H and O–H groups in total. The monoisotopic (exact) mass is 169 g/mol. The van der Waals surface area contributed by atoms with Gasteiger partial charge in [-0.25, -0.2) is 0 Å². The molecule has 72 valence electrons. The molecule has 1 heteroatoms. The van der Waals surface area contributed by atoms with Gasteiger partial charge in [0.25, 0.3) is 0 Å². The molecule has 0 saturated heterocycles. The zero-order valence-corrected chi connectivity index (χ0v) is 8.77. The van der Waals surface area contributed by atoms with Gasteiger partial charge in [-0.3, -0.25) is 0 Å². The Bertz CT molecular complexity index is 118. The molecule has 12 heavy (non-hydrogen) atoms. The minimum Gasteiger partial charge on any atom is -0.319 e. The van der Waals surface area contributed by atoms with Crippen LogP contribution in [0.5, 0.6) is 0 Å². The van der Waals surface area contributed by atoms with Crippen LogP contribution in [0.2, 0.25) is 0 Å². The first kappa shape index (κ1) is 10.0. The molecule has 0 aromatic rings. The van der Waals surface area contributed by atoms with Gasteiger partial charge in [0, 0.05) is 0 Å². The van der Waals surface area contributed by atoms with E-state index in [0.29, 0.717) is 0 Å². The summed E-state index contributed by atoms with van der Waals surface area (Å²) in [6.07, 6.45) is 5.80. The van der Waals surface area contributed by atoms with Crippen molar-refractivity contribution in [2.45, 2.75) is 39.5 Å². The maximum atomic E-state index is 3.29. The molecule has 0 spiro atoms. The van der Waals surface area contributed by atoms with E-state index >= 15 is 0 Å². The van der Waals surface area contributed by atoms with Crippen LogP contribution in [0.15, 0.2) is 0 Å². The summed E-state index contributed by atoms with van der Waals surface area (Å²) in [4.78, 5) is 0. The smallest absolute Gasteiger partial charge is 0.00211 e. The van der Waals surface area contributed by atoms with Crippen LogP contribution in [-0.4, -0.2) is 13.6 Å². The van der Waals surface area contributed by atoms with E-state index in [9.17, 15) is 0 Å². The van der Waals surface area contributed by atoms with Gasteiger partial charge in [0.05, 0.1) is 0 Å². The molecule has 2 atom stereocenters. The molecule has 2 unspecified atom stereocenters. The maximum absolute atomic E-state index is 3.29. The zero-order chi connectivity index (χ0) is 8.97. The second-order valence-corrected chi connectivity index (χ2v) is 4.38. The minimum atomic E-state index is 0.899. The Balaban J connectivity index is 2.19. The van der Waals surface area contributed by atoms with Gasteiger partial charge in [-0.05, 0) is 37.8 Å². The van der Waals surface area contributed by atoms with Crippen molar-refractivity contribution in [1.29, 1.82) is 0 Å². The van der Waals surface area contributed by atoms with Crippen molar-refractivity contribution >= 4 is 0 Å². The third-order valence-corrected chi connectivity index (χ3v) is 3.20. The quantitative estimate of drug-likeness (QED) is 0.644. The Hall–Kier alpha value is -0.0400. The average Bonchev–Trinajstić information content (AvgIpc) is 2.83. The molecule has 1 rings (SSSR count). The molecule has 1 nitrogen and oxygen atoms in total. The van der Waals surface area contributed by atoms with Crippen LogP contribution < -0.4 is 5.32 Å². The van der Waals surface area contributed by atoms with Crippen LogP contribution in [-0.2, 0) is 0 Å². The molecule has 1 fully saturated rings. The van der Waals surface area contributed by atoms with E-state index in [2.05, 4.69) is 26.2 Å². The zero-order valence-electron chi connectivity index (χ0n) is 8.77. The summed E-state index contributed by atoms with van der Waals surface area (Å²) in [5, 5.41) is 3.29. The van der Waals surface area contributed by atoms with E-state index in [4.69, 9.17) is 0 Å². The third-order valence-electron chi connectivity index (χ3n) is 3.20. The summed E-state index contributed by atoms with van der Waals surface area (Å²) >= 11 is 0. The summed E-state index contributed by atoms with van der Waals surface area (Å²) in [5.41, 5.74) is 0. The first-order valence-electron chi connectivity index (χ1n) is 5.42. The highest BCUT2D eigenvalue weighted by Crippen LogP contribution is 2.37. The standard InChI is InChI=1S/C11H23N/c1-4-11(8-12-3)9(2)7-10-5-6-10/h9-12H,4-8H2,1-3H3. The van der Waals surface area contributed by atoms with Crippen LogP contribution in [0.4, 0.5) is 0 Å². The predicted octanol–water partition coefficient (Wildman–Crippen LogP) is 2.67. The molecule has 1 saturated carbocycles. The molecular weight excluding hydrogens is 146 g/mol. The van der Waals surface area contributed by atoms with Crippen LogP contribution >= 0.6 is 0 Å². The number of hydrogen-bond acceptors (Lipinski definition) is 1. The lowest BCUT2D eigenvalue weighted by Crippen LogP contribution is -2.24. The predicted molar refractivity (Wildman–Crippen MR) is 54.2 cm³/mol. The fourth-order valence-corrected chi connectivity index (χ4v) is 2.08. The highest BCUT2D eigenvalue weighted by molar-refractivity contribution is 4.78. The Morgan fingerprint density at radius 1 is 1.42 bits per heavy atom. The summed E-state index contributed by atoms with van der Waals surface area (Å²) in [6.45, 7) is 5.93. The van der Waals surface area contributed by atoms with Gasteiger partial charge in [0.2, 0.25) is 0 Å². The molecule has 0 bridgehead atoms. The van der Waals surface area contributed by atoms with E-state index in [0.717, 1.165) is 17.8 Å². The SMILES string of the molecule is CCC(CNC)C(C)CC1CC1. The topological polar surface area (TPSA) is 12.0 Å². The Kier molecular flexibility index (Phi) is 4.07. The lowest BCUT2D eigenvalue weighted by molar-refractivity contribution is 0.308. The lowest BCUT2D eigenvalue weighted by atomic mass is 9.87. The molecule has 1 aliphatic rings. The lowest BCUT2D eigenvalue weighted by Gasteiger charge is -2.22. The number of rotatable bonds is 6. The molecule has 1 aliphatic carbocycles. The van der Waals surface area contributed by atoms with Crippen molar-refractivity contribution in [3.63, 3.8) is 0 Å². The summed E-state index contributed by atoms with van der Waals surface area (Å²) in [6, 6.07) is 0. The van der Waals surface area contributed by atoms with Crippen molar-refractivity contribution in [3.05, 3.63) is 0 Å². The van der Waals surface area contributed by atoms with E-state index in [1.807, 2.05) is 0 Å². The van der Waals surface area contributed by atoms with Crippen molar-refractivity contribution in [1.82, 2.24) is 5.32 Å². The van der Waals surface area contributed by atoms with Crippen molar-refractivity contribution < 1.29 is 0 Å². The van der Waals surface area contributed by atoms with Gasteiger partial charge < -0.3 is 5.32 Å². The molecule has 0 heterocycles. The van der Waals surface area contributed by atoms with Crippen molar-refractivity contribution in [2.75, 3.05) is 13.6 Å². The first-order valence-corrected chi connectivity index (χ1v) is 5.42. The summed E-state index contributed by atoms with van der Waals surface area (Å²) < 4.78 is 0. The van der Waals surface area contributed by atoms with Gasteiger partial charge in [-0.1, -0.05) is 33.1 Å². The third kappa shape index (κ3) is 3.14. The van der Waals surface area contributed by atoms with E-state index < -0.39 is 0 Å². The fraction of sp³-hybridized carbons (Fsp3) is 1.00. The van der Waals surface area contributed by atoms with E-state index in [1.54, 1.807) is 0 Å². The van der Waals surface area contributed by atoms with Gasteiger partial charge in [0.1, 0.15) is 0 Å². The van der Waals surface area contributed by atoms with Gasteiger partial charge in [0.15, 0.2) is 0 Å². The highest BCUT2D eigenvalue weighted by atomic mass is 14.8. The Morgan fingerprint density at radius 2 is 2.08 bits per heavy atom. The largest absolute Gasteiger partial charge is 0.319 e. The normalized spacial score (nSPS) is 22.2. The second kappa shape index (κ2) is 4.86. The molecule has 0 aliphatic heterocycles. The van der Waals surface area contributed by atoms with Gasteiger partial charge in [-0.15, -0.1) is 0 Å². The molecule has 0 amide bonds. The Morgan fingerprint density at radius 3 is 2.50 bits per heavy atom. The van der Waals surface area contributed by atoms with Crippen LogP contribution in [0.3, 0.4) is 0 Å². The fourth-order valence-electron chi connectivity index (χ4n) is 2.08. The van der Waals surface area contributed by atoms with Crippen LogP contribution in [0.1, 0.15) is 39.5 Å². The molecule has 0 radical (unpaired) electrons. The van der Waals surface area contributed by atoms with E-state index in [-0.39, 0.29) is 0 Å². The van der Waals surface area contributed by atoms with Gasteiger partial charge >= 0.3 is 0 Å². The van der Waals surface area contributed by atoms with E-state index in [1.165, 1.54) is 32.2 Å². The summed E-state index contributed by atoms with van der Waals surface area (Å²) in [5.74, 6) is 2.91. The molecular formula is C11H23N. The first-order chi connectivity index (χ1) is 5.77. The second-order valence-electron chi connectivity index (χ2n) is 4.38. The molecule has 0 aromatic carbocycles. The Labute approximate surface area is 76.9 Å². The van der Waals surface area contributed by atoms with Crippen molar-refractivity contribution in [2.24, 2.45) is 17.8 Å². The van der Waals surface area contributed by atoms with Gasteiger partial charge in [-0.2, -0.15) is 0 Å². The van der Waals surface area contributed by atoms with Crippen LogP contribution in [0, 0.1) is 17.8 Å². The summed E-state index contributed by atoms with van der Waals surface area (Å²) in [7, 11) is 2.06. The maximum Gasteiger partial charge on any atom is -0.00211 e. The minimum absolute atomic E-state index is 0.899. The van der Waals surface area contributed by atoms with Crippen LogP contribution in [0.25, 0.3) is 0 Å². The number of hydrogen-bond donors (Lipinski definition) is 1.